The van der Waals surface area contributed by atoms with Gasteiger partial charge in [0.05, 0.1) is 13.7 Å². The fraction of sp³-hybridized carbons (Fsp3) is 0.500. The van der Waals surface area contributed by atoms with Gasteiger partial charge in [-0.15, -0.1) is 0 Å². The van der Waals surface area contributed by atoms with Crippen LogP contribution in [0.25, 0.3) is 0 Å². The molecular formula is C32H46BrN5O6. The fourth-order valence-corrected chi connectivity index (χ4v) is 4.91. The number of likely N-dealkylation sites (N-methyl/N-ethyl adjacent to an activating group) is 1. The summed E-state index contributed by atoms with van der Waals surface area (Å²) < 4.78 is 5.59. The van der Waals surface area contributed by atoms with Gasteiger partial charge in [0.2, 0.25) is 5.91 Å². The van der Waals surface area contributed by atoms with E-state index in [1.807, 2.05) is 44.2 Å². The first kappa shape index (κ1) is 36.7. The molecule has 0 heterocycles. The van der Waals surface area contributed by atoms with Gasteiger partial charge < -0.3 is 25.8 Å². The van der Waals surface area contributed by atoms with E-state index in [1.54, 1.807) is 45.0 Å². The van der Waals surface area contributed by atoms with Gasteiger partial charge in [-0.2, -0.15) is 0 Å². The molecule has 0 bridgehead atoms. The van der Waals surface area contributed by atoms with Gasteiger partial charge in [-0.25, -0.2) is 9.80 Å². The molecule has 4 amide bonds. The van der Waals surface area contributed by atoms with E-state index < -0.39 is 41.0 Å². The average Bonchev–Trinajstić information content (AvgIpc) is 2.95. The lowest BCUT2D eigenvalue weighted by Crippen LogP contribution is -2.63. The summed E-state index contributed by atoms with van der Waals surface area (Å²) in [5, 5.41) is 21.5. The van der Waals surface area contributed by atoms with Crippen molar-refractivity contribution in [2.45, 2.75) is 71.7 Å². The predicted molar refractivity (Wildman–Crippen MR) is 172 cm³/mol. The van der Waals surface area contributed by atoms with Crippen molar-refractivity contribution in [3.63, 3.8) is 0 Å². The number of benzene rings is 2. The van der Waals surface area contributed by atoms with Crippen LogP contribution in [0.2, 0.25) is 0 Å². The molecule has 0 fully saturated rings. The van der Waals surface area contributed by atoms with Crippen LogP contribution in [0.4, 0.5) is 4.79 Å². The molecule has 0 aliphatic heterocycles. The topological polar surface area (TPSA) is 149 Å². The molecule has 2 aromatic carbocycles. The molecule has 2 aromatic rings. The normalized spacial score (nSPS) is 14.2. The second kappa shape index (κ2) is 16.6. The van der Waals surface area contributed by atoms with E-state index in [0.29, 0.717) is 12.0 Å². The highest BCUT2D eigenvalue weighted by Crippen LogP contribution is 2.22. The van der Waals surface area contributed by atoms with Crippen molar-refractivity contribution >= 4 is 39.7 Å². The highest BCUT2D eigenvalue weighted by molar-refractivity contribution is 9.10. The Bertz CT molecular complexity index is 1250. The van der Waals surface area contributed by atoms with E-state index in [4.69, 9.17) is 4.74 Å². The predicted octanol–water partition coefficient (Wildman–Crippen LogP) is 3.30. The standard InChI is InChI=1S/C32H46BrN5O6/c1-21(2)17-25(27(39)34-6)35-29(41)32(43,18-22-11-9-8-10-12-22)20-38(19-23-13-15-24(33)16-14-23)37-28(40)26(31(3,4)5)36-30(42)44-7/h8-16,21,25-26,43H,17-20H2,1-7H3,(H,34,39)(H,35,41)(H,36,42)(H,37,40)/t25-,26+,32-/m0/s1. The summed E-state index contributed by atoms with van der Waals surface area (Å²) >= 11 is 3.42. The number of hydrogen-bond acceptors (Lipinski definition) is 7. The lowest BCUT2D eigenvalue weighted by Gasteiger charge is -2.37. The number of hydrazine groups is 1. The summed E-state index contributed by atoms with van der Waals surface area (Å²) in [6, 6.07) is 14.5. The maximum atomic E-state index is 13.9. The molecule has 12 heteroatoms. The number of carbonyl (C=O) groups is 4. The third-order valence-corrected chi connectivity index (χ3v) is 7.45. The SMILES string of the molecule is CNC(=O)[C@H](CC(C)C)NC(=O)[C@](O)(Cc1ccccc1)CN(Cc1ccc(Br)cc1)NC(=O)[C@@H](NC(=O)OC)C(C)(C)C. The number of halogens is 1. The first-order valence-corrected chi connectivity index (χ1v) is 15.3. The molecule has 0 aliphatic rings. The largest absolute Gasteiger partial charge is 0.453 e. The lowest BCUT2D eigenvalue weighted by atomic mass is 9.86. The van der Waals surface area contributed by atoms with E-state index in [0.717, 1.165) is 10.0 Å². The second-order valence-electron chi connectivity index (χ2n) is 12.4. The minimum atomic E-state index is -2.08. The number of methoxy groups -OCH3 is 1. The number of rotatable bonds is 14. The summed E-state index contributed by atoms with van der Waals surface area (Å²) in [5.41, 5.74) is 1.50. The summed E-state index contributed by atoms with van der Waals surface area (Å²) in [7, 11) is 2.70. The van der Waals surface area contributed by atoms with Crippen LogP contribution in [0.3, 0.4) is 0 Å². The van der Waals surface area contributed by atoms with Crippen molar-refractivity contribution in [1.82, 2.24) is 26.4 Å². The smallest absolute Gasteiger partial charge is 0.407 e. The molecule has 2 rings (SSSR count). The number of ether oxygens (including phenoxy) is 1. The zero-order valence-electron chi connectivity index (χ0n) is 26.6. The van der Waals surface area contributed by atoms with Crippen molar-refractivity contribution in [3.8, 4) is 0 Å². The summed E-state index contributed by atoms with van der Waals surface area (Å²) in [4.78, 5) is 52.4. The fourth-order valence-electron chi connectivity index (χ4n) is 4.64. The highest BCUT2D eigenvalue weighted by Gasteiger charge is 2.41. The van der Waals surface area contributed by atoms with E-state index in [1.165, 1.54) is 19.2 Å². The summed E-state index contributed by atoms with van der Waals surface area (Å²) in [6.07, 6.45) is -0.513. The maximum Gasteiger partial charge on any atom is 0.407 e. The number of nitrogens with one attached hydrogen (secondary N) is 4. The first-order valence-electron chi connectivity index (χ1n) is 14.5. The van der Waals surface area contributed by atoms with Gasteiger partial charge in [0, 0.05) is 24.5 Å². The third-order valence-electron chi connectivity index (χ3n) is 6.92. The molecule has 44 heavy (non-hydrogen) atoms. The van der Waals surface area contributed by atoms with Gasteiger partial charge in [0.1, 0.15) is 12.1 Å². The molecule has 0 radical (unpaired) electrons. The molecule has 5 N–H and O–H groups in total. The number of carbonyl (C=O) groups excluding carboxylic acids is 4. The third kappa shape index (κ3) is 11.5. The van der Waals surface area contributed by atoms with Gasteiger partial charge in [0.15, 0.2) is 5.60 Å². The summed E-state index contributed by atoms with van der Waals surface area (Å²) in [6.45, 7) is 9.01. The van der Waals surface area contributed by atoms with Gasteiger partial charge >= 0.3 is 6.09 Å². The Balaban J connectivity index is 2.53. The minimum absolute atomic E-state index is 0.0876. The van der Waals surface area contributed by atoms with E-state index in [2.05, 4.69) is 37.3 Å². The number of alkyl carbamates (subject to hydrolysis) is 1. The number of aliphatic hydroxyl groups is 1. The Morgan fingerprint density at radius 3 is 2.07 bits per heavy atom. The molecule has 0 unspecified atom stereocenters. The monoisotopic (exact) mass is 675 g/mol. The van der Waals surface area contributed by atoms with E-state index in [9.17, 15) is 24.3 Å². The van der Waals surface area contributed by atoms with Crippen LogP contribution in [0.5, 0.6) is 0 Å². The van der Waals surface area contributed by atoms with Gasteiger partial charge in [-0.3, -0.25) is 19.8 Å². The maximum absolute atomic E-state index is 13.9. The van der Waals surface area contributed by atoms with Crippen LogP contribution in [0.1, 0.15) is 52.2 Å². The molecule has 0 aliphatic carbocycles. The quantitative estimate of drug-likeness (QED) is 0.193. The Labute approximate surface area is 268 Å². The average molecular weight is 677 g/mol. The zero-order valence-corrected chi connectivity index (χ0v) is 28.2. The van der Waals surface area contributed by atoms with Crippen LogP contribution in [-0.2, 0) is 32.1 Å². The van der Waals surface area contributed by atoms with Crippen LogP contribution in [0.15, 0.2) is 59.1 Å². The highest BCUT2D eigenvalue weighted by atomic mass is 79.9. The Morgan fingerprint density at radius 2 is 1.55 bits per heavy atom. The number of nitrogens with zero attached hydrogens (tertiary/aromatic N) is 1. The Hall–Kier alpha value is -3.48. The van der Waals surface area contributed by atoms with Crippen LogP contribution in [0, 0.1) is 11.3 Å². The molecule has 0 saturated carbocycles. The molecule has 3 atom stereocenters. The Kier molecular flexibility index (Phi) is 13.8. The van der Waals surface area contributed by atoms with E-state index >= 15 is 0 Å². The molecule has 11 nitrogen and oxygen atoms in total. The van der Waals surface area contributed by atoms with Crippen LogP contribution >= 0.6 is 15.9 Å². The van der Waals surface area contributed by atoms with Crippen molar-refractivity contribution in [2.24, 2.45) is 11.3 Å². The zero-order chi connectivity index (χ0) is 33.1. The van der Waals surface area contributed by atoms with Crippen LogP contribution < -0.4 is 21.4 Å². The molecule has 242 valence electrons. The van der Waals surface area contributed by atoms with Crippen molar-refractivity contribution < 1.29 is 29.0 Å². The molecule has 0 aromatic heterocycles. The van der Waals surface area contributed by atoms with Gasteiger partial charge in [0.25, 0.3) is 11.8 Å². The molecule has 0 saturated heterocycles. The first-order chi connectivity index (χ1) is 20.6. The minimum Gasteiger partial charge on any atom is -0.453 e. The van der Waals surface area contributed by atoms with Crippen LogP contribution in [-0.4, -0.2) is 72.3 Å². The van der Waals surface area contributed by atoms with Gasteiger partial charge in [-0.1, -0.05) is 93.0 Å². The Morgan fingerprint density at radius 1 is 0.932 bits per heavy atom. The number of hydrogen-bond donors (Lipinski definition) is 5. The molecule has 0 spiro atoms. The van der Waals surface area contributed by atoms with Crippen molar-refractivity contribution in [1.29, 1.82) is 0 Å². The molecular weight excluding hydrogens is 630 g/mol. The second-order valence-corrected chi connectivity index (χ2v) is 13.3. The van der Waals surface area contributed by atoms with E-state index in [-0.39, 0.29) is 31.3 Å². The lowest BCUT2D eigenvalue weighted by molar-refractivity contribution is -0.148. The van der Waals surface area contributed by atoms with Gasteiger partial charge in [-0.05, 0) is 41.0 Å². The van der Waals surface area contributed by atoms with Crippen molar-refractivity contribution in [2.75, 3.05) is 20.7 Å². The van der Waals surface area contributed by atoms with Crippen molar-refractivity contribution in [3.05, 3.63) is 70.2 Å². The summed E-state index contributed by atoms with van der Waals surface area (Å²) in [5.74, 6) is -1.61. The number of amides is 4.